The van der Waals surface area contributed by atoms with Crippen LogP contribution in [0, 0.1) is 0 Å². The maximum atomic E-state index is 11.1. The van der Waals surface area contributed by atoms with E-state index in [4.69, 9.17) is 4.74 Å². The zero-order valence-electron chi connectivity index (χ0n) is 8.58. The maximum Gasteiger partial charge on any atom is 0.316 e. The van der Waals surface area contributed by atoms with Gasteiger partial charge in [-0.1, -0.05) is 6.07 Å². The molecule has 0 bridgehead atoms. The molecule has 2 aromatic rings. The predicted molar refractivity (Wildman–Crippen MR) is 57.3 cm³/mol. The molecule has 0 aromatic carbocycles. The molecule has 0 saturated carbocycles. The Hall–Kier alpha value is -1.73. The Morgan fingerprint density at radius 1 is 1.56 bits per heavy atom. The Balaban J connectivity index is 2.24. The summed E-state index contributed by atoms with van der Waals surface area (Å²) in [6, 6.07) is 5.58. The first-order chi connectivity index (χ1) is 7.79. The lowest BCUT2D eigenvalue weighted by molar-refractivity contribution is 0.394. The van der Waals surface area contributed by atoms with Gasteiger partial charge in [0, 0.05) is 10.6 Å². The van der Waals surface area contributed by atoms with Crippen molar-refractivity contribution in [3.63, 3.8) is 0 Å². The summed E-state index contributed by atoms with van der Waals surface area (Å²) in [4.78, 5) is 8.31. The van der Waals surface area contributed by atoms with Crippen molar-refractivity contribution in [1.29, 1.82) is 0 Å². The molecule has 0 aliphatic carbocycles. The fraction of sp³-hybridized carbons (Fsp3) is 0.222. The Kier molecular flexibility index (Phi) is 3.28. The van der Waals surface area contributed by atoms with Gasteiger partial charge >= 0.3 is 5.88 Å². The van der Waals surface area contributed by atoms with Gasteiger partial charge in [-0.2, -0.15) is 0 Å². The summed E-state index contributed by atoms with van der Waals surface area (Å²) in [7, 11) is 1.46. The quantitative estimate of drug-likeness (QED) is 0.795. The second kappa shape index (κ2) is 4.86. The predicted octanol–water partition coefficient (Wildman–Crippen LogP) is 0.642. The van der Waals surface area contributed by atoms with E-state index in [-0.39, 0.29) is 5.88 Å². The van der Waals surface area contributed by atoms with Crippen molar-refractivity contribution in [1.82, 2.24) is 13.7 Å². The fourth-order valence-corrected chi connectivity index (χ4v) is 1.83. The molecule has 1 unspecified atom stereocenters. The average molecular weight is 238 g/mol. The standard InChI is InChI=1S/C9H10N4O2S/c1-15-9-8(12-16(14)13-9)11-6-7-4-2-3-5-10-7/h2-5H,6H2,1H3,(H,11,12). The molecule has 7 heteroatoms. The number of aromatic nitrogens is 3. The molecule has 0 aliphatic rings. The molecule has 84 valence electrons. The minimum absolute atomic E-state index is 0.259. The van der Waals surface area contributed by atoms with Crippen LogP contribution in [0.3, 0.4) is 0 Å². The lowest BCUT2D eigenvalue weighted by Crippen LogP contribution is -2.06. The molecule has 1 atom stereocenters. The van der Waals surface area contributed by atoms with E-state index in [1.807, 2.05) is 18.2 Å². The van der Waals surface area contributed by atoms with E-state index in [9.17, 15) is 4.55 Å². The number of pyridine rings is 1. The SMILES string of the molecule is COc1n[s+]([O-])[nH]c1=NCc1ccccn1. The van der Waals surface area contributed by atoms with Crippen LogP contribution in [0.1, 0.15) is 5.69 Å². The largest absolute Gasteiger partial charge is 0.548 e. The smallest absolute Gasteiger partial charge is 0.316 e. The minimum Gasteiger partial charge on any atom is -0.548 e. The van der Waals surface area contributed by atoms with Gasteiger partial charge in [0.05, 0.1) is 19.3 Å². The van der Waals surface area contributed by atoms with Gasteiger partial charge in [-0.15, -0.1) is 4.37 Å². The molecule has 2 rings (SSSR count). The van der Waals surface area contributed by atoms with Crippen molar-refractivity contribution in [2.75, 3.05) is 7.11 Å². The van der Waals surface area contributed by atoms with Crippen molar-refractivity contribution in [2.45, 2.75) is 6.54 Å². The number of nitrogens with zero attached hydrogens (tertiary/aromatic N) is 3. The van der Waals surface area contributed by atoms with Crippen LogP contribution in [0.4, 0.5) is 0 Å². The number of nitrogens with one attached hydrogen (secondary N) is 1. The van der Waals surface area contributed by atoms with Crippen LogP contribution >= 0.6 is 11.1 Å². The highest BCUT2D eigenvalue weighted by Crippen LogP contribution is 2.05. The molecule has 6 nitrogen and oxygen atoms in total. The first-order valence-corrected chi connectivity index (χ1v) is 5.66. The average Bonchev–Trinajstić information content (AvgIpc) is 2.68. The van der Waals surface area contributed by atoms with Gasteiger partial charge in [-0.05, 0) is 12.1 Å². The van der Waals surface area contributed by atoms with E-state index in [1.165, 1.54) is 7.11 Å². The molecule has 0 radical (unpaired) electrons. The van der Waals surface area contributed by atoms with Crippen molar-refractivity contribution >= 4 is 11.1 Å². The zero-order chi connectivity index (χ0) is 11.4. The first kappa shape index (κ1) is 10.8. The molecule has 0 amide bonds. The zero-order valence-corrected chi connectivity index (χ0v) is 9.40. The number of aromatic amines is 1. The highest BCUT2D eigenvalue weighted by Gasteiger charge is 2.07. The first-order valence-electron chi connectivity index (χ1n) is 4.55. The highest BCUT2D eigenvalue weighted by atomic mass is 32.2. The third-order valence-electron chi connectivity index (χ3n) is 1.87. The number of rotatable bonds is 3. The molecule has 2 heterocycles. The fourth-order valence-electron chi connectivity index (χ4n) is 1.15. The summed E-state index contributed by atoms with van der Waals surface area (Å²) < 4.78 is 22.3. The number of H-pyrrole nitrogens is 1. The number of hydrogen-bond donors (Lipinski definition) is 1. The van der Waals surface area contributed by atoms with Gasteiger partial charge in [0.1, 0.15) is 0 Å². The molecular formula is C9H10N4O2S. The van der Waals surface area contributed by atoms with Gasteiger partial charge in [0.25, 0.3) is 0 Å². The van der Waals surface area contributed by atoms with Crippen molar-refractivity contribution in [2.24, 2.45) is 4.99 Å². The molecule has 16 heavy (non-hydrogen) atoms. The highest BCUT2D eigenvalue weighted by molar-refractivity contribution is 7.13. The second-order valence-electron chi connectivity index (χ2n) is 2.94. The van der Waals surface area contributed by atoms with Gasteiger partial charge in [0.2, 0.25) is 5.49 Å². The van der Waals surface area contributed by atoms with Gasteiger partial charge < -0.3 is 9.29 Å². The summed E-state index contributed by atoms with van der Waals surface area (Å²) in [6.45, 7) is 0.392. The number of methoxy groups -OCH3 is 1. The Labute approximate surface area is 94.8 Å². The maximum absolute atomic E-state index is 11.1. The van der Waals surface area contributed by atoms with Crippen LogP contribution in [-0.4, -0.2) is 25.4 Å². The third kappa shape index (κ3) is 2.44. The number of hydrogen-bond acceptors (Lipinski definition) is 5. The molecule has 0 saturated heterocycles. The van der Waals surface area contributed by atoms with E-state index in [1.54, 1.807) is 6.20 Å². The van der Waals surface area contributed by atoms with Crippen LogP contribution in [0.15, 0.2) is 29.4 Å². The summed E-state index contributed by atoms with van der Waals surface area (Å²) in [6.07, 6.45) is 1.70. The Morgan fingerprint density at radius 2 is 2.44 bits per heavy atom. The van der Waals surface area contributed by atoms with E-state index in [2.05, 4.69) is 18.7 Å². The second-order valence-corrected chi connectivity index (χ2v) is 3.82. The van der Waals surface area contributed by atoms with Crippen LogP contribution in [0.5, 0.6) is 5.88 Å². The summed E-state index contributed by atoms with van der Waals surface area (Å²) in [5.41, 5.74) is 1.22. The minimum atomic E-state index is -1.48. The topological polar surface area (TPSA) is 86.2 Å². The lowest BCUT2D eigenvalue weighted by atomic mass is 10.3. The Bertz CT molecular complexity index is 520. The summed E-state index contributed by atoms with van der Waals surface area (Å²) >= 11 is -1.48. The van der Waals surface area contributed by atoms with E-state index in [0.29, 0.717) is 12.0 Å². The molecule has 0 spiro atoms. The van der Waals surface area contributed by atoms with Crippen molar-refractivity contribution in [3.8, 4) is 5.88 Å². The molecular weight excluding hydrogens is 228 g/mol. The number of ether oxygens (including phenoxy) is 1. The summed E-state index contributed by atoms with van der Waals surface area (Å²) in [5, 5.41) is 0. The molecule has 1 N–H and O–H groups in total. The van der Waals surface area contributed by atoms with Crippen molar-refractivity contribution in [3.05, 3.63) is 35.6 Å². The van der Waals surface area contributed by atoms with Crippen LogP contribution in [0.25, 0.3) is 0 Å². The van der Waals surface area contributed by atoms with E-state index < -0.39 is 11.1 Å². The van der Waals surface area contributed by atoms with Crippen LogP contribution in [0.2, 0.25) is 0 Å². The van der Waals surface area contributed by atoms with E-state index >= 15 is 0 Å². The third-order valence-corrected chi connectivity index (χ3v) is 2.57. The molecule has 2 aromatic heterocycles. The van der Waals surface area contributed by atoms with Crippen molar-refractivity contribution < 1.29 is 9.29 Å². The van der Waals surface area contributed by atoms with Crippen LogP contribution in [-0.2, 0) is 6.54 Å². The normalized spacial score (nSPS) is 12.9. The van der Waals surface area contributed by atoms with Crippen LogP contribution < -0.4 is 10.2 Å². The van der Waals surface area contributed by atoms with Gasteiger partial charge in [-0.25, -0.2) is 0 Å². The Morgan fingerprint density at radius 3 is 3.12 bits per heavy atom. The molecule has 0 aliphatic heterocycles. The lowest BCUT2D eigenvalue weighted by Gasteiger charge is -1.92. The van der Waals surface area contributed by atoms with E-state index in [0.717, 1.165) is 5.69 Å². The summed E-state index contributed by atoms with van der Waals surface area (Å²) in [5.74, 6) is 0.259. The van der Waals surface area contributed by atoms with Gasteiger partial charge in [-0.3, -0.25) is 9.98 Å². The monoisotopic (exact) mass is 238 g/mol. The van der Waals surface area contributed by atoms with Gasteiger partial charge in [0.15, 0.2) is 11.1 Å². The molecule has 0 fully saturated rings.